The van der Waals surface area contributed by atoms with Crippen LogP contribution in [0.5, 0.6) is 0 Å². The third kappa shape index (κ3) is 31.6. The minimum atomic E-state index is -1.61. The molecule has 268 valence electrons. The lowest BCUT2D eigenvalue weighted by Crippen LogP contribution is -2.29. The van der Waals surface area contributed by atoms with Crippen molar-refractivity contribution in [1.29, 1.82) is 0 Å². The predicted molar refractivity (Wildman–Crippen MR) is 187 cm³/mol. The highest BCUT2D eigenvalue weighted by Gasteiger charge is 2.21. The van der Waals surface area contributed by atoms with Gasteiger partial charge in [-0.3, -0.25) is 9.59 Å². The first kappa shape index (κ1) is 44.2. The molecule has 0 fully saturated rings. The van der Waals surface area contributed by atoms with Crippen LogP contribution in [-0.2, 0) is 32.6 Å². The van der Waals surface area contributed by atoms with Gasteiger partial charge in [-0.25, -0.2) is 0 Å². The number of carbonyl (C=O) groups is 2. The first-order valence-corrected chi connectivity index (χ1v) is 19.6. The van der Waals surface area contributed by atoms with E-state index in [1.165, 1.54) is 97.0 Å². The van der Waals surface area contributed by atoms with Gasteiger partial charge in [-0.15, -0.1) is 0 Å². The molecule has 0 aliphatic rings. The van der Waals surface area contributed by atoms with Gasteiger partial charge in [0.15, 0.2) is 6.10 Å². The minimum absolute atomic E-state index is 0.0255. The van der Waals surface area contributed by atoms with Crippen molar-refractivity contribution in [2.24, 2.45) is 17.6 Å². The van der Waals surface area contributed by atoms with Gasteiger partial charge in [0, 0.05) is 26.5 Å². The molecule has 0 spiro atoms. The van der Waals surface area contributed by atoms with Crippen molar-refractivity contribution in [1.82, 2.24) is 0 Å². The fraction of sp³-hybridized carbons (Fsp3) is 0.944. The molecule has 3 atom stereocenters. The van der Waals surface area contributed by atoms with E-state index in [2.05, 4.69) is 27.7 Å². The lowest BCUT2D eigenvalue weighted by molar-refractivity contribution is -0.161. The molecule has 2 N–H and O–H groups in total. The summed E-state index contributed by atoms with van der Waals surface area (Å²) in [6.45, 7) is 9.81. The van der Waals surface area contributed by atoms with Crippen LogP contribution in [0.15, 0.2) is 0 Å². The Morgan fingerprint density at radius 2 is 1.13 bits per heavy atom. The Hall–Kier alpha value is -0.790. The Labute approximate surface area is 279 Å². The first-order chi connectivity index (χ1) is 21.8. The van der Waals surface area contributed by atoms with E-state index in [1.807, 2.05) is 0 Å². The van der Waals surface area contributed by atoms with Crippen molar-refractivity contribution in [2.45, 2.75) is 175 Å². The first-order valence-electron chi connectivity index (χ1n) is 18.5. The molecule has 0 bridgehead atoms. The van der Waals surface area contributed by atoms with Gasteiger partial charge in [0.2, 0.25) is 0 Å². The Morgan fingerprint density at radius 1 is 0.644 bits per heavy atom. The number of carbonyl (C=O) groups excluding carboxylic acids is 2. The van der Waals surface area contributed by atoms with Crippen molar-refractivity contribution in [2.75, 3.05) is 33.5 Å². The van der Waals surface area contributed by atoms with Crippen molar-refractivity contribution in [3.63, 3.8) is 0 Å². The standard InChI is InChI=1S/C36H72NO7P/c1-6-33(4)25-21-17-13-10-11-14-18-22-26-35(38)41-30-34(31-43-45(40-5)42-29-28-37)44-36(39)27-23-19-15-9-7-8-12-16-20-24-32(2)3/h32-34H,6-31,37H2,1-5H3. The number of rotatable bonds is 34. The van der Waals surface area contributed by atoms with Crippen molar-refractivity contribution in [3.8, 4) is 0 Å². The van der Waals surface area contributed by atoms with E-state index in [0.29, 0.717) is 26.0 Å². The molecule has 0 saturated carbocycles. The van der Waals surface area contributed by atoms with Crippen LogP contribution >= 0.6 is 8.60 Å². The van der Waals surface area contributed by atoms with E-state index in [1.54, 1.807) is 0 Å². The summed E-state index contributed by atoms with van der Waals surface area (Å²) >= 11 is 0. The van der Waals surface area contributed by atoms with Crippen molar-refractivity contribution < 1.29 is 32.6 Å². The van der Waals surface area contributed by atoms with Gasteiger partial charge < -0.3 is 28.8 Å². The van der Waals surface area contributed by atoms with Crippen LogP contribution in [-0.4, -0.2) is 51.5 Å². The highest BCUT2D eigenvalue weighted by molar-refractivity contribution is 7.41. The van der Waals surface area contributed by atoms with E-state index in [9.17, 15) is 9.59 Å². The Morgan fingerprint density at radius 3 is 1.62 bits per heavy atom. The minimum Gasteiger partial charge on any atom is -0.462 e. The fourth-order valence-electron chi connectivity index (χ4n) is 5.12. The second kappa shape index (κ2) is 33.1. The zero-order chi connectivity index (χ0) is 33.4. The van der Waals surface area contributed by atoms with E-state index in [-0.39, 0.29) is 25.2 Å². The maximum absolute atomic E-state index is 12.6. The lowest BCUT2D eigenvalue weighted by Gasteiger charge is -2.20. The molecule has 0 radical (unpaired) electrons. The second-order valence-electron chi connectivity index (χ2n) is 13.1. The summed E-state index contributed by atoms with van der Waals surface area (Å²) in [6, 6.07) is 0. The molecule has 0 saturated heterocycles. The van der Waals surface area contributed by atoms with E-state index < -0.39 is 14.7 Å². The van der Waals surface area contributed by atoms with Crippen molar-refractivity contribution in [3.05, 3.63) is 0 Å². The van der Waals surface area contributed by atoms with Gasteiger partial charge in [-0.2, -0.15) is 0 Å². The molecule has 0 aromatic carbocycles. The number of hydrogen-bond acceptors (Lipinski definition) is 8. The Kier molecular flexibility index (Phi) is 32.5. The molecule has 0 aliphatic carbocycles. The third-order valence-corrected chi connectivity index (χ3v) is 9.30. The molecule has 45 heavy (non-hydrogen) atoms. The quantitative estimate of drug-likeness (QED) is 0.0412. The molecule has 0 aromatic rings. The van der Waals surface area contributed by atoms with Gasteiger partial charge in [-0.05, 0) is 24.7 Å². The average Bonchev–Trinajstić information content (AvgIpc) is 3.02. The second-order valence-corrected chi connectivity index (χ2v) is 14.4. The maximum Gasteiger partial charge on any atom is 0.332 e. The topological polar surface area (TPSA) is 106 Å². The largest absolute Gasteiger partial charge is 0.462 e. The zero-order valence-corrected chi connectivity index (χ0v) is 30.9. The number of ether oxygens (including phenoxy) is 2. The summed E-state index contributed by atoms with van der Waals surface area (Å²) in [5.74, 6) is 1.09. The third-order valence-electron chi connectivity index (χ3n) is 8.24. The summed E-state index contributed by atoms with van der Waals surface area (Å²) in [6.07, 6.45) is 24.2. The van der Waals surface area contributed by atoms with Crippen LogP contribution in [0.3, 0.4) is 0 Å². The maximum atomic E-state index is 12.6. The summed E-state index contributed by atoms with van der Waals surface area (Å²) in [7, 11) is -0.122. The molecule has 0 rings (SSSR count). The van der Waals surface area contributed by atoms with E-state index in [4.69, 9.17) is 28.8 Å². The average molecular weight is 662 g/mol. The molecular formula is C36H72NO7P. The number of nitrogens with two attached hydrogens (primary N) is 1. The monoisotopic (exact) mass is 662 g/mol. The van der Waals surface area contributed by atoms with E-state index >= 15 is 0 Å². The van der Waals surface area contributed by atoms with Crippen LogP contribution in [0.2, 0.25) is 0 Å². The summed E-state index contributed by atoms with van der Waals surface area (Å²) in [5, 5.41) is 0. The molecule has 3 unspecified atom stereocenters. The molecule has 8 nitrogen and oxygen atoms in total. The zero-order valence-electron chi connectivity index (χ0n) is 30.0. The van der Waals surface area contributed by atoms with Gasteiger partial charge in [0.25, 0.3) is 0 Å². The van der Waals surface area contributed by atoms with Crippen LogP contribution in [0, 0.1) is 11.8 Å². The number of esters is 2. The molecule has 0 aliphatic heterocycles. The van der Waals surface area contributed by atoms with Crippen molar-refractivity contribution >= 4 is 20.5 Å². The molecular weight excluding hydrogens is 589 g/mol. The molecule has 0 heterocycles. The normalized spacial score (nSPS) is 13.6. The molecule has 0 aromatic heterocycles. The van der Waals surface area contributed by atoms with Crippen LogP contribution < -0.4 is 5.73 Å². The van der Waals surface area contributed by atoms with Crippen LogP contribution in [0.4, 0.5) is 0 Å². The van der Waals surface area contributed by atoms with Crippen LogP contribution in [0.25, 0.3) is 0 Å². The summed E-state index contributed by atoms with van der Waals surface area (Å²) in [4.78, 5) is 25.0. The lowest BCUT2D eigenvalue weighted by atomic mass is 9.99. The summed E-state index contributed by atoms with van der Waals surface area (Å²) in [5.41, 5.74) is 5.50. The highest BCUT2D eigenvalue weighted by Crippen LogP contribution is 2.38. The van der Waals surface area contributed by atoms with Gasteiger partial charge in [-0.1, -0.05) is 143 Å². The Balaban J connectivity index is 4.23. The molecule has 0 amide bonds. The molecule has 9 heteroatoms. The Bertz CT molecular complexity index is 667. The fourth-order valence-corrected chi connectivity index (χ4v) is 5.95. The van der Waals surface area contributed by atoms with E-state index in [0.717, 1.165) is 50.4 Å². The number of unbranched alkanes of at least 4 members (excludes halogenated alkanes) is 15. The van der Waals surface area contributed by atoms with Gasteiger partial charge >= 0.3 is 20.5 Å². The van der Waals surface area contributed by atoms with Crippen LogP contribution in [0.1, 0.15) is 169 Å². The summed E-state index contributed by atoms with van der Waals surface area (Å²) < 4.78 is 27.5. The smallest absolute Gasteiger partial charge is 0.332 e. The predicted octanol–water partition coefficient (Wildman–Crippen LogP) is 10.2. The van der Waals surface area contributed by atoms with Gasteiger partial charge in [0.05, 0.1) is 13.2 Å². The SMILES string of the molecule is CCC(C)CCCCCCCCCCC(=O)OCC(COP(OC)OCCN)OC(=O)CCCCCCCCCCCC(C)C. The van der Waals surface area contributed by atoms with Gasteiger partial charge in [0.1, 0.15) is 6.61 Å². The highest BCUT2D eigenvalue weighted by atomic mass is 31.2. The number of hydrogen-bond donors (Lipinski definition) is 1.